The summed E-state index contributed by atoms with van der Waals surface area (Å²) in [4.78, 5) is 25.1. The molecule has 1 aromatic heterocycles. The van der Waals surface area contributed by atoms with Crippen molar-refractivity contribution in [2.45, 2.75) is 26.2 Å². The highest BCUT2D eigenvalue weighted by Crippen LogP contribution is 2.39. The lowest BCUT2D eigenvalue weighted by Crippen LogP contribution is -2.12. The van der Waals surface area contributed by atoms with Gasteiger partial charge in [0.15, 0.2) is 0 Å². The van der Waals surface area contributed by atoms with E-state index in [0.717, 1.165) is 24.8 Å². The van der Waals surface area contributed by atoms with Crippen molar-refractivity contribution in [2.24, 2.45) is 5.92 Å². The van der Waals surface area contributed by atoms with Crippen LogP contribution in [0, 0.1) is 17.2 Å². The predicted molar refractivity (Wildman–Crippen MR) is 96.0 cm³/mol. The molecule has 6 heteroatoms. The molecule has 0 fully saturated rings. The number of nitrogens with zero attached hydrogens (tertiary/aromatic N) is 1. The second kappa shape index (κ2) is 7.08. The molecule has 3 rings (SSSR count). The van der Waals surface area contributed by atoms with E-state index in [0.29, 0.717) is 27.6 Å². The maximum atomic E-state index is 12.5. The van der Waals surface area contributed by atoms with E-state index in [2.05, 4.69) is 23.0 Å². The number of anilines is 1. The second-order valence-corrected chi connectivity index (χ2v) is 7.30. The molecule has 0 saturated heterocycles. The van der Waals surface area contributed by atoms with Crippen molar-refractivity contribution in [1.82, 2.24) is 0 Å². The molecule has 1 unspecified atom stereocenters. The standard InChI is InChI=1S/C19H18N2O3S/c1-11-3-8-14-15(10-20)18(25-16(14)9-11)21-17(22)12-4-6-13(7-5-12)19(23)24-2/h4-7,11H,3,8-9H2,1-2H3,(H,21,22). The maximum Gasteiger partial charge on any atom is 0.337 e. The number of rotatable bonds is 3. The van der Waals surface area contributed by atoms with Crippen LogP contribution in [0.4, 0.5) is 5.00 Å². The number of nitrogens with one attached hydrogen (secondary N) is 1. The van der Waals surface area contributed by atoms with Crippen LogP contribution in [-0.2, 0) is 17.6 Å². The zero-order valence-corrected chi connectivity index (χ0v) is 14.9. The summed E-state index contributed by atoms with van der Waals surface area (Å²) < 4.78 is 4.64. The second-order valence-electron chi connectivity index (χ2n) is 6.19. The third-order valence-electron chi connectivity index (χ3n) is 4.42. The third-order valence-corrected chi connectivity index (χ3v) is 5.59. The van der Waals surface area contributed by atoms with Gasteiger partial charge in [0.2, 0.25) is 0 Å². The summed E-state index contributed by atoms with van der Waals surface area (Å²) in [6.45, 7) is 2.20. The Hall–Kier alpha value is -2.65. The molecule has 0 spiro atoms. The summed E-state index contributed by atoms with van der Waals surface area (Å²) in [5.74, 6) is -0.134. The summed E-state index contributed by atoms with van der Waals surface area (Å²) in [5.41, 5.74) is 2.49. The summed E-state index contributed by atoms with van der Waals surface area (Å²) >= 11 is 1.50. The quantitative estimate of drug-likeness (QED) is 0.851. The Morgan fingerprint density at radius 3 is 2.60 bits per heavy atom. The van der Waals surface area contributed by atoms with Gasteiger partial charge in [-0.15, -0.1) is 11.3 Å². The highest BCUT2D eigenvalue weighted by molar-refractivity contribution is 7.16. The highest BCUT2D eigenvalue weighted by Gasteiger charge is 2.24. The van der Waals surface area contributed by atoms with Gasteiger partial charge in [0.1, 0.15) is 11.1 Å². The van der Waals surface area contributed by atoms with Gasteiger partial charge >= 0.3 is 5.97 Å². The lowest BCUT2D eigenvalue weighted by atomic mass is 9.88. The molecule has 1 amide bonds. The molecule has 1 aliphatic rings. The molecule has 0 aliphatic heterocycles. The summed E-state index contributed by atoms with van der Waals surface area (Å²) in [7, 11) is 1.31. The SMILES string of the molecule is COC(=O)c1ccc(C(=O)Nc2sc3c(c2C#N)CCC(C)C3)cc1. The first-order chi connectivity index (χ1) is 12.0. The van der Waals surface area contributed by atoms with Gasteiger partial charge in [-0.2, -0.15) is 5.26 Å². The van der Waals surface area contributed by atoms with Gasteiger partial charge in [0.05, 0.1) is 18.2 Å². The first-order valence-corrected chi connectivity index (χ1v) is 8.89. The molecule has 0 bridgehead atoms. The predicted octanol–water partition coefficient (Wildman–Crippen LogP) is 3.78. The van der Waals surface area contributed by atoms with Crippen LogP contribution < -0.4 is 5.32 Å². The van der Waals surface area contributed by atoms with Gasteiger partial charge in [-0.25, -0.2) is 4.79 Å². The summed E-state index contributed by atoms with van der Waals surface area (Å²) in [6, 6.07) is 8.48. The van der Waals surface area contributed by atoms with Crippen LogP contribution in [0.2, 0.25) is 0 Å². The molecule has 1 aromatic carbocycles. The highest BCUT2D eigenvalue weighted by atomic mass is 32.1. The third kappa shape index (κ3) is 3.42. The van der Waals surface area contributed by atoms with E-state index < -0.39 is 5.97 Å². The molecule has 1 aliphatic carbocycles. The zero-order chi connectivity index (χ0) is 18.0. The first kappa shape index (κ1) is 17.2. The van der Waals surface area contributed by atoms with Crippen LogP contribution in [0.25, 0.3) is 0 Å². The fraction of sp³-hybridized carbons (Fsp3) is 0.316. The van der Waals surface area contributed by atoms with Gasteiger partial charge < -0.3 is 10.1 Å². The Labute approximate surface area is 150 Å². The smallest absolute Gasteiger partial charge is 0.337 e. The fourth-order valence-electron chi connectivity index (χ4n) is 3.01. The average molecular weight is 354 g/mol. The number of carbonyl (C=O) groups excluding carboxylic acids is 2. The molecule has 1 heterocycles. The molecular formula is C19H18N2O3S. The van der Waals surface area contributed by atoms with Gasteiger partial charge in [-0.05, 0) is 55.0 Å². The largest absolute Gasteiger partial charge is 0.465 e. The fourth-order valence-corrected chi connectivity index (χ4v) is 4.36. The van der Waals surface area contributed by atoms with Gasteiger partial charge in [0, 0.05) is 10.4 Å². The van der Waals surface area contributed by atoms with E-state index in [4.69, 9.17) is 0 Å². The number of thiophene rings is 1. The lowest BCUT2D eigenvalue weighted by molar-refractivity contribution is 0.0600. The van der Waals surface area contributed by atoms with Crippen LogP contribution in [0.5, 0.6) is 0 Å². The Morgan fingerprint density at radius 1 is 1.28 bits per heavy atom. The number of methoxy groups -OCH3 is 1. The number of carbonyl (C=O) groups is 2. The van der Waals surface area contributed by atoms with E-state index in [1.54, 1.807) is 24.3 Å². The number of hydrogen-bond acceptors (Lipinski definition) is 5. The van der Waals surface area contributed by atoms with Crippen LogP contribution in [0.15, 0.2) is 24.3 Å². The Kier molecular flexibility index (Phi) is 4.86. The monoisotopic (exact) mass is 354 g/mol. The normalized spacial score (nSPS) is 15.8. The van der Waals surface area contributed by atoms with Crippen molar-refractivity contribution < 1.29 is 14.3 Å². The molecule has 1 N–H and O–H groups in total. The number of nitriles is 1. The van der Waals surface area contributed by atoms with E-state index in [1.165, 1.54) is 23.3 Å². The first-order valence-electron chi connectivity index (χ1n) is 8.07. The number of ether oxygens (including phenoxy) is 1. The molecule has 5 nitrogen and oxygen atoms in total. The average Bonchev–Trinajstić information content (AvgIpc) is 2.96. The lowest BCUT2D eigenvalue weighted by Gasteiger charge is -2.17. The van der Waals surface area contributed by atoms with Crippen molar-refractivity contribution >= 4 is 28.2 Å². The van der Waals surface area contributed by atoms with Crippen molar-refractivity contribution in [3.63, 3.8) is 0 Å². The van der Waals surface area contributed by atoms with E-state index in [9.17, 15) is 14.9 Å². The molecule has 0 saturated carbocycles. The number of amides is 1. The molecule has 2 aromatic rings. The minimum absolute atomic E-state index is 0.292. The van der Waals surface area contributed by atoms with E-state index >= 15 is 0 Å². The van der Waals surface area contributed by atoms with E-state index in [1.807, 2.05) is 0 Å². The van der Waals surface area contributed by atoms with Crippen molar-refractivity contribution in [3.05, 3.63) is 51.4 Å². The maximum absolute atomic E-state index is 12.5. The summed E-state index contributed by atoms with van der Waals surface area (Å²) in [6.07, 6.45) is 2.92. The van der Waals surface area contributed by atoms with Gasteiger partial charge in [0.25, 0.3) is 5.91 Å². The van der Waals surface area contributed by atoms with Crippen molar-refractivity contribution in [1.29, 1.82) is 5.26 Å². The minimum atomic E-state index is -0.446. The molecule has 0 radical (unpaired) electrons. The van der Waals surface area contributed by atoms with Crippen LogP contribution in [0.1, 0.15) is 50.1 Å². The summed E-state index contributed by atoms with van der Waals surface area (Å²) in [5, 5.41) is 13.0. The number of esters is 1. The minimum Gasteiger partial charge on any atom is -0.465 e. The number of benzene rings is 1. The van der Waals surface area contributed by atoms with E-state index in [-0.39, 0.29) is 5.91 Å². The Balaban J connectivity index is 1.82. The van der Waals surface area contributed by atoms with Gasteiger partial charge in [-0.3, -0.25) is 4.79 Å². The van der Waals surface area contributed by atoms with Crippen molar-refractivity contribution in [3.8, 4) is 6.07 Å². The van der Waals surface area contributed by atoms with Crippen LogP contribution >= 0.6 is 11.3 Å². The van der Waals surface area contributed by atoms with Crippen molar-refractivity contribution in [2.75, 3.05) is 12.4 Å². The number of fused-ring (bicyclic) bond motifs is 1. The molecule has 128 valence electrons. The zero-order valence-electron chi connectivity index (χ0n) is 14.1. The van der Waals surface area contributed by atoms with Crippen LogP contribution in [-0.4, -0.2) is 19.0 Å². The molecule has 25 heavy (non-hydrogen) atoms. The Morgan fingerprint density at radius 2 is 1.96 bits per heavy atom. The molecular weight excluding hydrogens is 336 g/mol. The van der Waals surface area contributed by atoms with Gasteiger partial charge in [-0.1, -0.05) is 6.92 Å². The Bertz CT molecular complexity index is 862. The number of hydrogen-bond donors (Lipinski definition) is 1. The van der Waals surface area contributed by atoms with Crippen LogP contribution in [0.3, 0.4) is 0 Å². The molecule has 1 atom stereocenters. The topological polar surface area (TPSA) is 79.2 Å².